The Morgan fingerprint density at radius 3 is 2.23 bits per heavy atom. The van der Waals surface area contributed by atoms with Crippen LogP contribution < -0.4 is 0 Å². The second kappa shape index (κ2) is 6.02. The van der Waals surface area contributed by atoms with E-state index in [-0.39, 0.29) is 0 Å². The molecule has 13 heavy (non-hydrogen) atoms. The van der Waals surface area contributed by atoms with Crippen molar-refractivity contribution in [3.8, 4) is 0 Å². The molecule has 0 saturated heterocycles. The van der Waals surface area contributed by atoms with E-state index in [4.69, 9.17) is 4.74 Å². The van der Waals surface area contributed by atoms with Crippen molar-refractivity contribution in [2.75, 3.05) is 18.5 Å². The average Bonchev–Trinajstić information content (AvgIpc) is 2.41. The molecule has 0 aliphatic heterocycles. The summed E-state index contributed by atoms with van der Waals surface area (Å²) in [5.74, 6) is 0. The molecule has 0 aromatic heterocycles. The quantitative estimate of drug-likeness (QED) is 0.544. The van der Waals surface area contributed by atoms with E-state index in [1.807, 2.05) is 0 Å². The van der Waals surface area contributed by atoms with Gasteiger partial charge in [0.1, 0.15) is 0 Å². The second-order valence-electron chi connectivity index (χ2n) is 4.18. The van der Waals surface area contributed by atoms with Crippen molar-refractivity contribution in [3.63, 3.8) is 0 Å². The number of ether oxygens (including phenoxy) is 1. The number of alkyl halides is 1. The van der Waals surface area contributed by atoms with Crippen LogP contribution in [0.2, 0.25) is 0 Å². The lowest BCUT2D eigenvalue weighted by Gasteiger charge is -2.30. The molecule has 1 rings (SSSR count). The third kappa shape index (κ3) is 3.59. The van der Waals surface area contributed by atoms with Crippen LogP contribution in [0.4, 0.5) is 0 Å². The third-order valence-electron chi connectivity index (χ3n) is 3.06. The predicted molar refractivity (Wildman–Crippen MR) is 60.4 cm³/mol. The summed E-state index contributed by atoms with van der Waals surface area (Å²) in [7, 11) is 0. The molecule has 0 bridgehead atoms. The van der Waals surface area contributed by atoms with Gasteiger partial charge in [0.15, 0.2) is 0 Å². The monoisotopic (exact) mass is 248 g/mol. The number of hydrogen-bond donors (Lipinski definition) is 0. The molecule has 0 spiro atoms. The van der Waals surface area contributed by atoms with Crippen molar-refractivity contribution in [1.29, 1.82) is 0 Å². The van der Waals surface area contributed by atoms with Crippen LogP contribution in [-0.2, 0) is 4.74 Å². The Labute approximate surface area is 90.4 Å². The van der Waals surface area contributed by atoms with Crippen molar-refractivity contribution < 1.29 is 4.74 Å². The topological polar surface area (TPSA) is 9.23 Å². The minimum absolute atomic E-state index is 0.451. The average molecular weight is 249 g/mol. The highest BCUT2D eigenvalue weighted by Gasteiger charge is 2.29. The summed E-state index contributed by atoms with van der Waals surface area (Å²) < 4.78 is 5.59. The lowest BCUT2D eigenvalue weighted by Crippen LogP contribution is -2.28. The molecule has 1 aliphatic rings. The highest BCUT2D eigenvalue weighted by Crippen LogP contribution is 2.36. The Hall–Kier alpha value is 0.440. The van der Waals surface area contributed by atoms with Gasteiger partial charge in [0, 0.05) is 17.4 Å². The van der Waals surface area contributed by atoms with Gasteiger partial charge in [0.05, 0.1) is 6.61 Å². The summed E-state index contributed by atoms with van der Waals surface area (Å²) in [6.07, 6.45) is 8.30. The van der Waals surface area contributed by atoms with E-state index in [0.717, 1.165) is 18.5 Å². The minimum Gasteiger partial charge on any atom is -0.381 e. The zero-order chi connectivity index (χ0) is 9.57. The van der Waals surface area contributed by atoms with Crippen LogP contribution in [0.1, 0.15) is 45.4 Å². The Morgan fingerprint density at radius 2 is 1.77 bits per heavy atom. The minimum atomic E-state index is 0.451. The van der Waals surface area contributed by atoms with E-state index in [9.17, 15) is 0 Å². The summed E-state index contributed by atoms with van der Waals surface area (Å²) in [4.78, 5) is 0. The normalized spacial score (nSPS) is 22.6. The van der Waals surface area contributed by atoms with Crippen LogP contribution in [-0.4, -0.2) is 18.5 Å². The number of halogens is 1. The summed E-state index contributed by atoms with van der Waals surface area (Å²) in [5.41, 5.74) is 0.451. The van der Waals surface area contributed by atoms with Crippen LogP contribution in [0.25, 0.3) is 0 Å². The van der Waals surface area contributed by atoms with E-state index in [1.54, 1.807) is 0 Å². The van der Waals surface area contributed by atoms with Crippen molar-refractivity contribution >= 4 is 15.9 Å². The first-order valence-electron chi connectivity index (χ1n) is 5.47. The van der Waals surface area contributed by atoms with E-state index in [1.165, 1.54) is 38.5 Å². The van der Waals surface area contributed by atoms with Gasteiger partial charge in [0.2, 0.25) is 0 Å². The lowest BCUT2D eigenvalue weighted by atomic mass is 9.83. The summed E-state index contributed by atoms with van der Waals surface area (Å²) in [6.45, 7) is 3.89. The van der Waals surface area contributed by atoms with Crippen LogP contribution in [0, 0.1) is 5.41 Å². The molecule has 1 saturated carbocycles. The highest BCUT2D eigenvalue weighted by atomic mass is 79.9. The van der Waals surface area contributed by atoms with E-state index in [2.05, 4.69) is 22.9 Å². The molecule has 1 aliphatic carbocycles. The van der Waals surface area contributed by atoms with E-state index >= 15 is 0 Å². The van der Waals surface area contributed by atoms with E-state index < -0.39 is 0 Å². The fourth-order valence-electron chi connectivity index (χ4n) is 2.11. The van der Waals surface area contributed by atoms with Gasteiger partial charge in [-0.3, -0.25) is 0 Å². The summed E-state index contributed by atoms with van der Waals surface area (Å²) in [6, 6.07) is 0. The van der Waals surface area contributed by atoms with Crippen molar-refractivity contribution in [1.82, 2.24) is 0 Å². The first-order valence-corrected chi connectivity index (χ1v) is 6.59. The second-order valence-corrected chi connectivity index (χ2v) is 4.75. The SMILES string of the molecule is CCOCC1(CBr)CCCCCC1. The van der Waals surface area contributed by atoms with Gasteiger partial charge in [-0.25, -0.2) is 0 Å². The van der Waals surface area contributed by atoms with Crippen LogP contribution in [0.15, 0.2) is 0 Å². The van der Waals surface area contributed by atoms with E-state index in [0.29, 0.717) is 5.41 Å². The van der Waals surface area contributed by atoms with Crippen molar-refractivity contribution in [2.24, 2.45) is 5.41 Å². The molecule has 2 heteroatoms. The molecule has 0 aromatic carbocycles. The van der Waals surface area contributed by atoms with Gasteiger partial charge in [-0.2, -0.15) is 0 Å². The smallest absolute Gasteiger partial charge is 0.0530 e. The Kier molecular flexibility index (Phi) is 5.34. The highest BCUT2D eigenvalue weighted by molar-refractivity contribution is 9.09. The summed E-state index contributed by atoms with van der Waals surface area (Å²) in [5, 5.41) is 1.11. The summed E-state index contributed by atoms with van der Waals surface area (Å²) >= 11 is 3.65. The molecule has 78 valence electrons. The Morgan fingerprint density at radius 1 is 1.15 bits per heavy atom. The largest absolute Gasteiger partial charge is 0.381 e. The molecule has 0 amide bonds. The molecule has 0 radical (unpaired) electrons. The van der Waals surface area contributed by atoms with Gasteiger partial charge in [-0.1, -0.05) is 41.6 Å². The zero-order valence-corrected chi connectivity index (χ0v) is 10.2. The molecule has 1 nitrogen and oxygen atoms in total. The Bertz CT molecular complexity index is 128. The molecule has 0 unspecified atom stereocenters. The van der Waals surface area contributed by atoms with Gasteiger partial charge >= 0.3 is 0 Å². The van der Waals surface area contributed by atoms with Crippen LogP contribution in [0.5, 0.6) is 0 Å². The lowest BCUT2D eigenvalue weighted by molar-refractivity contribution is 0.0552. The maximum absolute atomic E-state index is 5.59. The van der Waals surface area contributed by atoms with Gasteiger partial charge in [-0.05, 0) is 19.8 Å². The Balaban J connectivity index is 2.43. The van der Waals surface area contributed by atoms with Gasteiger partial charge in [-0.15, -0.1) is 0 Å². The standard InChI is InChI=1S/C11H21BrO/c1-2-13-10-11(9-12)7-5-3-4-6-8-11/h2-10H2,1H3. The van der Waals surface area contributed by atoms with Gasteiger partial charge < -0.3 is 4.74 Å². The van der Waals surface area contributed by atoms with Crippen molar-refractivity contribution in [3.05, 3.63) is 0 Å². The maximum Gasteiger partial charge on any atom is 0.0530 e. The number of hydrogen-bond acceptors (Lipinski definition) is 1. The third-order valence-corrected chi connectivity index (χ3v) is 4.25. The maximum atomic E-state index is 5.59. The zero-order valence-electron chi connectivity index (χ0n) is 8.65. The van der Waals surface area contributed by atoms with Gasteiger partial charge in [0.25, 0.3) is 0 Å². The molecule has 0 heterocycles. The molecule has 0 N–H and O–H groups in total. The van der Waals surface area contributed by atoms with Crippen LogP contribution in [0.3, 0.4) is 0 Å². The fraction of sp³-hybridized carbons (Fsp3) is 1.00. The molecular weight excluding hydrogens is 228 g/mol. The fourth-order valence-corrected chi connectivity index (χ4v) is 2.84. The first-order chi connectivity index (χ1) is 6.33. The van der Waals surface area contributed by atoms with Crippen LogP contribution >= 0.6 is 15.9 Å². The van der Waals surface area contributed by atoms with Crippen molar-refractivity contribution in [2.45, 2.75) is 45.4 Å². The molecule has 0 aromatic rings. The molecule has 1 fully saturated rings. The predicted octanol–water partition coefficient (Wildman–Crippen LogP) is 3.76. The molecular formula is C11H21BrO. The number of rotatable bonds is 4. The molecule has 0 atom stereocenters. The first kappa shape index (κ1) is 11.5.